The fourth-order valence-corrected chi connectivity index (χ4v) is 2.90. The molecule has 0 radical (unpaired) electrons. The molecule has 0 amide bonds. The van der Waals surface area contributed by atoms with Crippen molar-refractivity contribution >= 4 is 11.3 Å². The SMILES string of the molecule is CC1CC(NCCc2ccsc2)CN1C. The zero-order chi connectivity index (χ0) is 10.7. The number of rotatable bonds is 4. The highest BCUT2D eigenvalue weighted by atomic mass is 32.1. The van der Waals surface area contributed by atoms with Gasteiger partial charge in [-0.15, -0.1) is 0 Å². The minimum atomic E-state index is 0.698. The summed E-state index contributed by atoms with van der Waals surface area (Å²) in [7, 11) is 2.21. The molecule has 1 aromatic rings. The highest BCUT2D eigenvalue weighted by Crippen LogP contribution is 2.14. The van der Waals surface area contributed by atoms with Gasteiger partial charge in [-0.25, -0.2) is 0 Å². The number of hydrogen-bond acceptors (Lipinski definition) is 3. The van der Waals surface area contributed by atoms with E-state index in [1.807, 2.05) is 0 Å². The summed E-state index contributed by atoms with van der Waals surface area (Å²) in [5.41, 5.74) is 1.46. The fraction of sp³-hybridized carbons (Fsp3) is 0.667. The molecule has 0 bridgehead atoms. The molecule has 2 rings (SSSR count). The summed E-state index contributed by atoms with van der Waals surface area (Å²) in [5, 5.41) is 8.04. The normalized spacial score (nSPS) is 27.3. The van der Waals surface area contributed by atoms with Crippen LogP contribution in [0, 0.1) is 0 Å². The first kappa shape index (κ1) is 11.1. The molecule has 1 saturated heterocycles. The Morgan fingerprint density at radius 3 is 3.07 bits per heavy atom. The maximum atomic E-state index is 3.64. The lowest BCUT2D eigenvalue weighted by Gasteiger charge is -2.13. The van der Waals surface area contributed by atoms with Crippen LogP contribution in [0.3, 0.4) is 0 Å². The first-order valence-corrected chi connectivity index (χ1v) is 6.64. The van der Waals surface area contributed by atoms with Crippen molar-refractivity contribution in [3.63, 3.8) is 0 Å². The monoisotopic (exact) mass is 224 g/mol. The topological polar surface area (TPSA) is 15.3 Å². The molecule has 0 aromatic carbocycles. The molecule has 1 fully saturated rings. The summed E-state index contributed by atoms with van der Waals surface area (Å²) < 4.78 is 0. The van der Waals surface area contributed by atoms with Crippen LogP contribution in [0.5, 0.6) is 0 Å². The van der Waals surface area contributed by atoms with Crippen LogP contribution in [-0.4, -0.2) is 37.1 Å². The van der Waals surface area contributed by atoms with Crippen molar-refractivity contribution in [2.75, 3.05) is 20.1 Å². The maximum Gasteiger partial charge on any atom is 0.0209 e. The number of likely N-dealkylation sites (N-methyl/N-ethyl adjacent to an activating group) is 1. The minimum Gasteiger partial charge on any atom is -0.312 e. The van der Waals surface area contributed by atoms with Gasteiger partial charge < -0.3 is 10.2 Å². The van der Waals surface area contributed by atoms with Crippen LogP contribution < -0.4 is 5.32 Å². The van der Waals surface area contributed by atoms with Crippen molar-refractivity contribution in [1.82, 2.24) is 10.2 Å². The molecule has 2 unspecified atom stereocenters. The summed E-state index contributed by atoms with van der Waals surface area (Å²) in [6.45, 7) is 4.62. The zero-order valence-corrected chi connectivity index (χ0v) is 10.4. The molecule has 0 spiro atoms. The van der Waals surface area contributed by atoms with E-state index in [2.05, 4.69) is 41.0 Å². The average Bonchev–Trinajstić information content (AvgIpc) is 2.79. The van der Waals surface area contributed by atoms with Gasteiger partial charge in [0, 0.05) is 18.6 Å². The Bertz CT molecular complexity index is 274. The van der Waals surface area contributed by atoms with Gasteiger partial charge in [0.15, 0.2) is 0 Å². The van der Waals surface area contributed by atoms with E-state index in [4.69, 9.17) is 0 Å². The van der Waals surface area contributed by atoms with Crippen LogP contribution >= 0.6 is 11.3 Å². The molecule has 1 aliphatic heterocycles. The molecule has 1 aromatic heterocycles. The smallest absolute Gasteiger partial charge is 0.0209 e. The number of thiophene rings is 1. The van der Waals surface area contributed by atoms with Gasteiger partial charge in [0.05, 0.1) is 0 Å². The van der Waals surface area contributed by atoms with E-state index in [0.717, 1.165) is 19.0 Å². The third-order valence-corrected chi connectivity index (χ3v) is 4.05. The van der Waals surface area contributed by atoms with Crippen molar-refractivity contribution in [2.45, 2.75) is 31.8 Å². The largest absolute Gasteiger partial charge is 0.312 e. The number of nitrogens with one attached hydrogen (secondary N) is 1. The van der Waals surface area contributed by atoms with E-state index in [-0.39, 0.29) is 0 Å². The van der Waals surface area contributed by atoms with Gasteiger partial charge in [0.25, 0.3) is 0 Å². The second-order valence-corrected chi connectivity index (χ2v) is 5.34. The highest BCUT2D eigenvalue weighted by molar-refractivity contribution is 7.07. The number of hydrogen-bond donors (Lipinski definition) is 1. The van der Waals surface area contributed by atoms with Gasteiger partial charge in [0.2, 0.25) is 0 Å². The van der Waals surface area contributed by atoms with Gasteiger partial charge in [-0.3, -0.25) is 0 Å². The molecule has 15 heavy (non-hydrogen) atoms. The van der Waals surface area contributed by atoms with Crippen LogP contribution in [-0.2, 0) is 6.42 Å². The van der Waals surface area contributed by atoms with Crippen LogP contribution in [0.2, 0.25) is 0 Å². The van der Waals surface area contributed by atoms with Gasteiger partial charge >= 0.3 is 0 Å². The summed E-state index contributed by atoms with van der Waals surface area (Å²) >= 11 is 1.79. The van der Waals surface area contributed by atoms with E-state index in [1.165, 1.54) is 18.5 Å². The third kappa shape index (κ3) is 3.03. The number of likely N-dealkylation sites (tertiary alicyclic amines) is 1. The molecule has 3 heteroatoms. The molecule has 0 aliphatic carbocycles. The summed E-state index contributed by atoms with van der Waals surface area (Å²) in [4.78, 5) is 2.43. The Morgan fingerprint density at radius 2 is 2.47 bits per heavy atom. The van der Waals surface area contributed by atoms with E-state index in [1.54, 1.807) is 11.3 Å². The highest BCUT2D eigenvalue weighted by Gasteiger charge is 2.25. The molecule has 0 saturated carbocycles. The molecular formula is C12H20N2S. The predicted molar refractivity (Wildman–Crippen MR) is 66.5 cm³/mol. The van der Waals surface area contributed by atoms with Crippen molar-refractivity contribution in [2.24, 2.45) is 0 Å². The fourth-order valence-electron chi connectivity index (χ4n) is 2.20. The lowest BCUT2D eigenvalue weighted by atomic mass is 10.2. The lowest BCUT2D eigenvalue weighted by molar-refractivity contribution is 0.327. The van der Waals surface area contributed by atoms with Crippen molar-refractivity contribution in [3.8, 4) is 0 Å². The summed E-state index contributed by atoms with van der Waals surface area (Å²) in [6.07, 6.45) is 2.46. The number of nitrogens with zero attached hydrogens (tertiary/aromatic N) is 1. The van der Waals surface area contributed by atoms with Gasteiger partial charge in [-0.05, 0) is 55.7 Å². The molecule has 2 nitrogen and oxygen atoms in total. The van der Waals surface area contributed by atoms with Crippen molar-refractivity contribution in [3.05, 3.63) is 22.4 Å². The molecule has 2 heterocycles. The second-order valence-electron chi connectivity index (χ2n) is 4.56. The van der Waals surface area contributed by atoms with Gasteiger partial charge in [-0.2, -0.15) is 11.3 Å². The van der Waals surface area contributed by atoms with Crippen molar-refractivity contribution in [1.29, 1.82) is 0 Å². The van der Waals surface area contributed by atoms with E-state index in [9.17, 15) is 0 Å². The molecule has 2 atom stereocenters. The van der Waals surface area contributed by atoms with Gasteiger partial charge in [-0.1, -0.05) is 0 Å². The van der Waals surface area contributed by atoms with Crippen LogP contribution in [0.25, 0.3) is 0 Å². The average molecular weight is 224 g/mol. The Morgan fingerprint density at radius 1 is 1.60 bits per heavy atom. The predicted octanol–water partition coefficient (Wildman–Crippen LogP) is 1.97. The Kier molecular flexibility index (Phi) is 3.78. The molecular weight excluding hydrogens is 204 g/mol. The van der Waals surface area contributed by atoms with Crippen LogP contribution in [0.15, 0.2) is 16.8 Å². The molecule has 1 aliphatic rings. The Balaban J connectivity index is 1.67. The van der Waals surface area contributed by atoms with E-state index >= 15 is 0 Å². The van der Waals surface area contributed by atoms with Crippen molar-refractivity contribution < 1.29 is 0 Å². The first-order chi connectivity index (χ1) is 7.25. The van der Waals surface area contributed by atoms with E-state index in [0.29, 0.717) is 6.04 Å². The van der Waals surface area contributed by atoms with Crippen LogP contribution in [0.4, 0.5) is 0 Å². The summed E-state index contributed by atoms with van der Waals surface area (Å²) in [6, 6.07) is 3.66. The maximum absolute atomic E-state index is 3.64. The molecule has 1 N–H and O–H groups in total. The van der Waals surface area contributed by atoms with Crippen LogP contribution in [0.1, 0.15) is 18.9 Å². The first-order valence-electron chi connectivity index (χ1n) is 5.70. The minimum absolute atomic E-state index is 0.698. The summed E-state index contributed by atoms with van der Waals surface area (Å²) in [5.74, 6) is 0. The Labute approximate surface area is 96.3 Å². The van der Waals surface area contributed by atoms with E-state index < -0.39 is 0 Å². The second kappa shape index (κ2) is 5.10. The Hall–Kier alpha value is -0.380. The molecule has 84 valence electrons. The standard InChI is InChI=1S/C12H20N2S/c1-10-7-12(8-14(10)2)13-5-3-11-4-6-15-9-11/h4,6,9-10,12-13H,3,5,7-8H2,1-2H3. The quantitative estimate of drug-likeness (QED) is 0.841. The zero-order valence-electron chi connectivity index (χ0n) is 9.57. The third-order valence-electron chi connectivity index (χ3n) is 3.31. The van der Waals surface area contributed by atoms with Gasteiger partial charge in [0.1, 0.15) is 0 Å². The lowest BCUT2D eigenvalue weighted by Crippen LogP contribution is -2.32.